The molecule has 2 aromatic heterocycles. The number of nitrogens with zero attached hydrogens (tertiary/aromatic N) is 3. The highest BCUT2D eigenvalue weighted by Gasteiger charge is 2.51. The summed E-state index contributed by atoms with van der Waals surface area (Å²) in [6, 6.07) is 8.24. The maximum Gasteiger partial charge on any atom is 0.252 e. The lowest BCUT2D eigenvalue weighted by molar-refractivity contribution is 0.100. The molecule has 32 heavy (non-hydrogen) atoms. The molecule has 4 rings (SSSR count). The van der Waals surface area contributed by atoms with Gasteiger partial charge in [-0.25, -0.2) is 8.91 Å². The Hall–Kier alpha value is -3.44. The largest absolute Gasteiger partial charge is 0.379 e. The van der Waals surface area contributed by atoms with E-state index in [9.17, 15) is 9.18 Å². The summed E-state index contributed by atoms with van der Waals surface area (Å²) >= 11 is 0. The number of nitrogens with two attached hydrogens (primary N) is 1. The summed E-state index contributed by atoms with van der Waals surface area (Å²) in [5, 5.41) is 20.4. The summed E-state index contributed by atoms with van der Waals surface area (Å²) in [5.74, 6) is -1.15. The SMILES string of the molecule is CNC1(C)CC[C@@H](Nc2c(C(N)=O)cnn3cc(-c4ccc(C#N)c(F)c4)cc23)C1(C)C. The van der Waals surface area contributed by atoms with Crippen molar-refractivity contribution < 1.29 is 9.18 Å². The van der Waals surface area contributed by atoms with Gasteiger partial charge in [0.1, 0.15) is 11.9 Å². The summed E-state index contributed by atoms with van der Waals surface area (Å²) in [4.78, 5) is 12.2. The number of benzene rings is 1. The fraction of sp³-hybridized carbons (Fsp3) is 0.375. The molecule has 4 N–H and O–H groups in total. The Morgan fingerprint density at radius 2 is 2.06 bits per heavy atom. The minimum atomic E-state index is -0.580. The number of anilines is 1. The van der Waals surface area contributed by atoms with Crippen molar-refractivity contribution in [3.05, 3.63) is 53.6 Å². The van der Waals surface area contributed by atoms with Crippen LogP contribution in [0.15, 0.2) is 36.7 Å². The number of nitriles is 1. The third-order valence-electron chi connectivity index (χ3n) is 7.42. The van der Waals surface area contributed by atoms with Gasteiger partial charge in [-0.2, -0.15) is 10.4 Å². The van der Waals surface area contributed by atoms with Crippen molar-refractivity contribution in [3.8, 4) is 17.2 Å². The molecular weight excluding hydrogens is 407 g/mol. The van der Waals surface area contributed by atoms with Crippen LogP contribution in [0.3, 0.4) is 0 Å². The highest BCUT2D eigenvalue weighted by Crippen LogP contribution is 2.47. The summed E-state index contributed by atoms with van der Waals surface area (Å²) in [5.41, 5.74) is 8.43. The highest BCUT2D eigenvalue weighted by atomic mass is 19.1. The van der Waals surface area contributed by atoms with E-state index < -0.39 is 11.7 Å². The Bertz CT molecular complexity index is 1260. The first-order valence-electron chi connectivity index (χ1n) is 10.6. The number of rotatable bonds is 5. The van der Waals surface area contributed by atoms with E-state index in [1.807, 2.05) is 19.2 Å². The Labute approximate surface area is 186 Å². The minimum absolute atomic E-state index is 0.00921. The quantitative estimate of drug-likeness (QED) is 0.568. The fourth-order valence-electron chi connectivity index (χ4n) is 4.71. The Morgan fingerprint density at radius 1 is 1.31 bits per heavy atom. The van der Waals surface area contributed by atoms with E-state index >= 15 is 0 Å². The number of fused-ring (bicyclic) bond motifs is 1. The molecule has 1 aliphatic carbocycles. The molecular formula is C24H27FN6O. The number of hydrogen-bond donors (Lipinski definition) is 3. The van der Waals surface area contributed by atoms with E-state index in [1.165, 1.54) is 18.3 Å². The molecule has 0 aliphatic heterocycles. The maximum absolute atomic E-state index is 14.2. The third kappa shape index (κ3) is 3.30. The van der Waals surface area contributed by atoms with E-state index in [0.717, 1.165) is 18.4 Å². The van der Waals surface area contributed by atoms with Gasteiger partial charge in [0.15, 0.2) is 0 Å². The molecule has 2 atom stereocenters. The van der Waals surface area contributed by atoms with Gasteiger partial charge in [-0.15, -0.1) is 0 Å². The van der Waals surface area contributed by atoms with Gasteiger partial charge in [-0.1, -0.05) is 19.9 Å². The molecule has 7 nitrogen and oxygen atoms in total. The summed E-state index contributed by atoms with van der Waals surface area (Å²) in [6.07, 6.45) is 5.13. The first-order chi connectivity index (χ1) is 15.1. The molecule has 0 radical (unpaired) electrons. The number of nitrogens with one attached hydrogen (secondary N) is 2. The van der Waals surface area contributed by atoms with Gasteiger partial charge in [0, 0.05) is 28.8 Å². The zero-order valence-electron chi connectivity index (χ0n) is 18.7. The van der Waals surface area contributed by atoms with Crippen molar-refractivity contribution in [2.75, 3.05) is 12.4 Å². The van der Waals surface area contributed by atoms with Crippen LogP contribution in [0.2, 0.25) is 0 Å². The van der Waals surface area contributed by atoms with E-state index in [1.54, 1.807) is 16.8 Å². The Morgan fingerprint density at radius 3 is 2.66 bits per heavy atom. The van der Waals surface area contributed by atoms with E-state index in [0.29, 0.717) is 22.3 Å². The van der Waals surface area contributed by atoms with Crippen molar-refractivity contribution in [2.45, 2.75) is 45.2 Å². The van der Waals surface area contributed by atoms with Gasteiger partial charge in [0.05, 0.1) is 28.5 Å². The van der Waals surface area contributed by atoms with E-state index in [-0.39, 0.29) is 22.6 Å². The van der Waals surface area contributed by atoms with E-state index in [2.05, 4.69) is 36.5 Å². The topological polar surface area (TPSA) is 108 Å². The average Bonchev–Trinajstić information content (AvgIpc) is 3.28. The predicted octanol–water partition coefficient (Wildman–Crippen LogP) is 3.69. The van der Waals surface area contributed by atoms with Gasteiger partial charge >= 0.3 is 0 Å². The molecule has 1 unspecified atom stereocenters. The second-order valence-corrected chi connectivity index (χ2v) is 9.20. The summed E-state index contributed by atoms with van der Waals surface area (Å²) in [6.45, 7) is 6.62. The van der Waals surface area contributed by atoms with Crippen LogP contribution in [0.5, 0.6) is 0 Å². The third-order valence-corrected chi connectivity index (χ3v) is 7.42. The first kappa shape index (κ1) is 21.8. The number of amides is 1. The van der Waals surface area contributed by atoms with E-state index in [4.69, 9.17) is 11.0 Å². The summed E-state index contributed by atoms with van der Waals surface area (Å²) in [7, 11) is 1.97. The number of carbonyl (C=O) groups is 1. The number of primary amides is 1. The van der Waals surface area contributed by atoms with Crippen LogP contribution in [0.25, 0.3) is 16.6 Å². The van der Waals surface area contributed by atoms with Crippen molar-refractivity contribution >= 4 is 17.1 Å². The van der Waals surface area contributed by atoms with Crippen LogP contribution in [-0.4, -0.2) is 34.1 Å². The maximum atomic E-state index is 14.2. The van der Waals surface area contributed by atoms with Gasteiger partial charge in [0.25, 0.3) is 5.91 Å². The molecule has 0 saturated heterocycles. The van der Waals surface area contributed by atoms with Gasteiger partial charge in [-0.3, -0.25) is 4.79 Å². The zero-order chi connectivity index (χ0) is 23.3. The minimum Gasteiger partial charge on any atom is -0.379 e. The Kier molecular flexibility index (Phi) is 5.18. The lowest BCUT2D eigenvalue weighted by Gasteiger charge is -2.42. The van der Waals surface area contributed by atoms with Crippen LogP contribution >= 0.6 is 0 Å². The summed E-state index contributed by atoms with van der Waals surface area (Å²) < 4.78 is 15.8. The smallest absolute Gasteiger partial charge is 0.252 e. The van der Waals surface area contributed by atoms with Crippen molar-refractivity contribution in [1.29, 1.82) is 5.26 Å². The van der Waals surface area contributed by atoms with Crippen molar-refractivity contribution in [1.82, 2.24) is 14.9 Å². The molecule has 0 bridgehead atoms. The molecule has 166 valence electrons. The standard InChI is InChI=1S/C24H27FN6O/c1-23(2)20(7-8-24(23,3)28-4)30-21-17(22(27)32)12-29-31-13-16(10-19(21)31)14-5-6-15(11-26)18(25)9-14/h5-6,9-10,12-13,20,28,30H,7-8H2,1-4H3,(H2,27,32)/t20-,24?/m1/s1. The molecule has 1 aliphatic rings. The lowest BCUT2D eigenvalue weighted by atomic mass is 9.74. The predicted molar refractivity (Wildman–Crippen MR) is 122 cm³/mol. The monoisotopic (exact) mass is 434 g/mol. The van der Waals surface area contributed by atoms with Crippen LogP contribution in [0.1, 0.15) is 49.5 Å². The number of aromatic nitrogens is 2. The molecule has 0 spiro atoms. The van der Waals surface area contributed by atoms with Crippen LogP contribution in [0.4, 0.5) is 10.1 Å². The molecule has 3 aromatic rings. The van der Waals surface area contributed by atoms with Crippen LogP contribution < -0.4 is 16.4 Å². The zero-order valence-corrected chi connectivity index (χ0v) is 18.7. The molecule has 1 amide bonds. The van der Waals surface area contributed by atoms with Crippen molar-refractivity contribution in [2.24, 2.45) is 11.1 Å². The van der Waals surface area contributed by atoms with Gasteiger partial charge < -0.3 is 16.4 Å². The number of hydrogen-bond acceptors (Lipinski definition) is 5. The molecule has 1 saturated carbocycles. The Balaban J connectivity index is 1.81. The highest BCUT2D eigenvalue weighted by molar-refractivity contribution is 6.02. The second kappa shape index (κ2) is 7.61. The number of carbonyl (C=O) groups excluding carboxylic acids is 1. The van der Waals surface area contributed by atoms with Gasteiger partial charge in [-0.05, 0) is 50.6 Å². The van der Waals surface area contributed by atoms with Gasteiger partial charge in [0.2, 0.25) is 0 Å². The molecule has 1 aromatic carbocycles. The van der Waals surface area contributed by atoms with Crippen LogP contribution in [-0.2, 0) is 0 Å². The normalized spacial score (nSPS) is 22.1. The molecule has 1 fully saturated rings. The van der Waals surface area contributed by atoms with Crippen molar-refractivity contribution in [3.63, 3.8) is 0 Å². The average molecular weight is 435 g/mol. The first-order valence-corrected chi connectivity index (χ1v) is 10.6. The fourth-order valence-corrected chi connectivity index (χ4v) is 4.71. The molecule has 2 heterocycles. The lowest BCUT2D eigenvalue weighted by Crippen LogP contribution is -2.53. The number of halogens is 1. The van der Waals surface area contributed by atoms with Crippen LogP contribution in [0, 0.1) is 22.6 Å². The second-order valence-electron chi connectivity index (χ2n) is 9.20. The molecule has 8 heteroatoms.